The number of ketones is 1. The molecule has 0 aromatic heterocycles. The maximum atomic E-state index is 12.6. The number of benzene rings is 2. The molecule has 0 saturated heterocycles. The third-order valence-electron chi connectivity index (χ3n) is 5.21. The van der Waals surface area contributed by atoms with Crippen molar-refractivity contribution in [3.05, 3.63) is 54.1 Å². The lowest BCUT2D eigenvalue weighted by atomic mass is 10.0. The summed E-state index contributed by atoms with van der Waals surface area (Å²) in [6.07, 6.45) is -0.197. The van der Waals surface area contributed by atoms with E-state index in [0.29, 0.717) is 12.1 Å². The van der Waals surface area contributed by atoms with Gasteiger partial charge >= 0.3 is 0 Å². The van der Waals surface area contributed by atoms with Crippen LogP contribution in [0.15, 0.2) is 48.5 Å². The summed E-state index contributed by atoms with van der Waals surface area (Å²) in [6.45, 7) is 11.5. The zero-order chi connectivity index (χ0) is 21.9. The van der Waals surface area contributed by atoms with Gasteiger partial charge in [-0.2, -0.15) is 0 Å². The van der Waals surface area contributed by atoms with E-state index in [1.54, 1.807) is 6.92 Å². The topological polar surface area (TPSA) is 61.8 Å². The summed E-state index contributed by atoms with van der Waals surface area (Å²) >= 11 is 0. The van der Waals surface area contributed by atoms with Crippen LogP contribution in [0.1, 0.15) is 44.5 Å². The predicted octanol–water partition coefficient (Wildman–Crippen LogP) is 4.57. The molecule has 2 aromatic rings. The first-order valence-corrected chi connectivity index (χ1v) is 11.0. The van der Waals surface area contributed by atoms with Gasteiger partial charge in [0.1, 0.15) is 6.10 Å². The first-order chi connectivity index (χ1) is 14.5. The number of hydrogen-bond donors (Lipinski definition) is 2. The molecular weight excluding hydrogens is 412 g/mol. The highest BCUT2D eigenvalue weighted by molar-refractivity contribution is 5.99. The molecule has 2 unspecified atom stereocenters. The average Bonchev–Trinajstić information content (AvgIpc) is 2.78. The summed E-state index contributed by atoms with van der Waals surface area (Å²) in [6, 6.07) is 16.1. The Kier molecular flexibility index (Phi) is 12.4. The SMILES string of the molecule is CCCNCC(O)COC(C)C(=O)c1ccc(-c2ccc(N(CC)CC)cc2)cc1.Cl. The minimum absolute atomic E-state index is 0. The van der Waals surface area contributed by atoms with Gasteiger partial charge in [-0.25, -0.2) is 0 Å². The van der Waals surface area contributed by atoms with E-state index in [0.717, 1.165) is 37.2 Å². The third-order valence-corrected chi connectivity index (χ3v) is 5.21. The number of nitrogens with one attached hydrogen (secondary N) is 1. The van der Waals surface area contributed by atoms with Crippen molar-refractivity contribution in [2.45, 2.75) is 46.3 Å². The molecule has 0 aliphatic heterocycles. The van der Waals surface area contributed by atoms with E-state index in [2.05, 4.69) is 55.3 Å². The summed E-state index contributed by atoms with van der Waals surface area (Å²) in [5.74, 6) is -0.0767. The van der Waals surface area contributed by atoms with E-state index in [-0.39, 0.29) is 24.8 Å². The Morgan fingerprint density at radius 2 is 1.55 bits per heavy atom. The monoisotopic (exact) mass is 448 g/mol. The first kappa shape index (κ1) is 27.1. The van der Waals surface area contributed by atoms with Crippen LogP contribution >= 0.6 is 12.4 Å². The molecule has 0 spiro atoms. The van der Waals surface area contributed by atoms with Crippen molar-refractivity contribution in [3.8, 4) is 11.1 Å². The van der Waals surface area contributed by atoms with Gasteiger partial charge in [0.05, 0.1) is 12.7 Å². The van der Waals surface area contributed by atoms with Crippen molar-refractivity contribution in [3.63, 3.8) is 0 Å². The number of aliphatic hydroxyl groups is 1. The number of nitrogens with zero attached hydrogens (tertiary/aromatic N) is 1. The van der Waals surface area contributed by atoms with Crippen LogP contribution in [0, 0.1) is 0 Å². The van der Waals surface area contributed by atoms with E-state index >= 15 is 0 Å². The molecule has 0 radical (unpaired) electrons. The molecule has 0 fully saturated rings. The van der Waals surface area contributed by atoms with Crippen molar-refractivity contribution in [2.75, 3.05) is 37.7 Å². The van der Waals surface area contributed by atoms with Crippen molar-refractivity contribution >= 4 is 23.9 Å². The lowest BCUT2D eigenvalue weighted by Crippen LogP contribution is -2.33. The molecule has 0 amide bonds. The van der Waals surface area contributed by atoms with Gasteiger partial charge in [0.25, 0.3) is 0 Å². The van der Waals surface area contributed by atoms with E-state index < -0.39 is 12.2 Å². The highest BCUT2D eigenvalue weighted by atomic mass is 35.5. The average molecular weight is 449 g/mol. The Hall–Kier alpha value is -1.92. The number of Topliss-reactive ketones (excluding diaryl/α,β-unsaturated/α-hetero) is 1. The number of halogens is 1. The van der Waals surface area contributed by atoms with Crippen molar-refractivity contribution in [1.82, 2.24) is 5.32 Å². The highest BCUT2D eigenvalue weighted by Crippen LogP contribution is 2.24. The molecule has 2 aromatic carbocycles. The van der Waals surface area contributed by atoms with Crippen LogP contribution in [0.25, 0.3) is 11.1 Å². The predicted molar refractivity (Wildman–Crippen MR) is 132 cm³/mol. The van der Waals surface area contributed by atoms with Gasteiger partial charge in [-0.05, 0) is 57.0 Å². The lowest BCUT2D eigenvalue weighted by molar-refractivity contribution is 0.00432. The molecule has 0 saturated carbocycles. The smallest absolute Gasteiger partial charge is 0.191 e. The number of carbonyl (C=O) groups excluding carboxylic acids is 1. The second kappa shape index (κ2) is 14.2. The Labute approximate surface area is 193 Å². The number of hydrogen-bond acceptors (Lipinski definition) is 5. The van der Waals surface area contributed by atoms with Crippen LogP contribution in [-0.2, 0) is 4.74 Å². The largest absolute Gasteiger partial charge is 0.389 e. The van der Waals surface area contributed by atoms with Crippen molar-refractivity contribution in [2.24, 2.45) is 0 Å². The molecule has 2 N–H and O–H groups in total. The van der Waals surface area contributed by atoms with Gasteiger partial charge in [0.2, 0.25) is 0 Å². The van der Waals surface area contributed by atoms with Gasteiger partial charge in [-0.1, -0.05) is 43.3 Å². The number of aliphatic hydroxyl groups excluding tert-OH is 1. The Morgan fingerprint density at radius 3 is 2.06 bits per heavy atom. The fourth-order valence-electron chi connectivity index (χ4n) is 3.35. The van der Waals surface area contributed by atoms with Crippen LogP contribution in [0.4, 0.5) is 5.69 Å². The van der Waals surface area contributed by atoms with E-state index in [1.165, 1.54) is 5.69 Å². The maximum absolute atomic E-state index is 12.6. The van der Waals surface area contributed by atoms with Crippen molar-refractivity contribution in [1.29, 1.82) is 0 Å². The molecule has 0 aliphatic carbocycles. The summed E-state index contributed by atoms with van der Waals surface area (Å²) < 4.78 is 5.58. The van der Waals surface area contributed by atoms with E-state index in [9.17, 15) is 9.90 Å². The van der Waals surface area contributed by atoms with Crippen LogP contribution in [0.3, 0.4) is 0 Å². The van der Waals surface area contributed by atoms with E-state index in [4.69, 9.17) is 4.74 Å². The van der Waals surface area contributed by atoms with Crippen LogP contribution < -0.4 is 10.2 Å². The fraction of sp³-hybridized carbons (Fsp3) is 0.480. The molecule has 0 heterocycles. The van der Waals surface area contributed by atoms with Gasteiger partial charge in [0, 0.05) is 30.9 Å². The van der Waals surface area contributed by atoms with E-state index in [1.807, 2.05) is 24.3 Å². The molecule has 31 heavy (non-hydrogen) atoms. The fourth-order valence-corrected chi connectivity index (χ4v) is 3.35. The molecule has 5 nitrogen and oxygen atoms in total. The molecule has 0 bridgehead atoms. The molecular formula is C25H37ClN2O3. The second-order valence-electron chi connectivity index (χ2n) is 7.49. The summed E-state index contributed by atoms with van der Waals surface area (Å²) in [4.78, 5) is 14.9. The van der Waals surface area contributed by atoms with Crippen LogP contribution in [0.2, 0.25) is 0 Å². The van der Waals surface area contributed by atoms with Gasteiger partial charge in [-0.3, -0.25) is 4.79 Å². The van der Waals surface area contributed by atoms with Crippen molar-refractivity contribution < 1.29 is 14.6 Å². The minimum atomic E-state index is -0.617. The molecule has 2 atom stereocenters. The minimum Gasteiger partial charge on any atom is -0.389 e. The molecule has 2 rings (SSSR count). The first-order valence-electron chi connectivity index (χ1n) is 11.0. The Bertz CT molecular complexity index is 761. The Morgan fingerprint density at radius 1 is 1.00 bits per heavy atom. The van der Waals surface area contributed by atoms with Gasteiger partial charge in [-0.15, -0.1) is 12.4 Å². The number of rotatable bonds is 13. The summed E-state index contributed by atoms with van der Waals surface area (Å²) in [5.41, 5.74) is 4.03. The number of carbonyl (C=O) groups is 1. The maximum Gasteiger partial charge on any atom is 0.191 e. The molecule has 172 valence electrons. The molecule has 0 aliphatic rings. The molecule has 6 heteroatoms. The van der Waals surface area contributed by atoms with Gasteiger partial charge < -0.3 is 20.1 Å². The Balaban J connectivity index is 0.00000480. The van der Waals surface area contributed by atoms with Crippen LogP contribution in [0.5, 0.6) is 0 Å². The lowest BCUT2D eigenvalue weighted by Gasteiger charge is -2.21. The second-order valence-corrected chi connectivity index (χ2v) is 7.49. The zero-order valence-electron chi connectivity index (χ0n) is 19.1. The highest BCUT2D eigenvalue weighted by Gasteiger charge is 2.17. The van der Waals surface area contributed by atoms with Gasteiger partial charge in [0.15, 0.2) is 5.78 Å². The quantitative estimate of drug-likeness (QED) is 0.347. The summed E-state index contributed by atoms with van der Waals surface area (Å²) in [7, 11) is 0. The third kappa shape index (κ3) is 8.26. The van der Waals surface area contributed by atoms with Crippen LogP contribution in [-0.4, -0.2) is 55.9 Å². The number of ether oxygens (including phenoxy) is 1. The number of anilines is 1. The normalized spacial score (nSPS) is 12.7. The standard InChI is InChI=1S/C25H36N2O3.ClH/c1-5-16-26-17-24(28)18-30-19(4)25(29)22-10-8-20(9-11-22)21-12-14-23(15-13-21)27(6-2)7-3;/h8-15,19,24,26,28H,5-7,16-18H2,1-4H3;1H. The summed E-state index contributed by atoms with van der Waals surface area (Å²) in [5, 5.41) is 13.1. The zero-order valence-corrected chi connectivity index (χ0v) is 20.0.